The molecule has 7 nitrogen and oxygen atoms in total. The van der Waals surface area contributed by atoms with E-state index in [1.165, 1.54) is 32.4 Å². The molecular formula is C18H20N2O5S. The van der Waals surface area contributed by atoms with Crippen molar-refractivity contribution in [3.8, 4) is 0 Å². The number of carbonyl (C=O) groups is 3. The lowest BCUT2D eigenvalue weighted by Crippen LogP contribution is -2.30. The summed E-state index contributed by atoms with van der Waals surface area (Å²) < 4.78 is 9.39. The van der Waals surface area contributed by atoms with E-state index in [-0.39, 0.29) is 29.3 Å². The van der Waals surface area contributed by atoms with E-state index in [1.54, 1.807) is 11.3 Å². The van der Waals surface area contributed by atoms with Crippen LogP contribution in [-0.4, -0.2) is 50.6 Å². The van der Waals surface area contributed by atoms with E-state index in [9.17, 15) is 14.4 Å². The van der Waals surface area contributed by atoms with E-state index in [1.807, 2.05) is 29.5 Å². The monoisotopic (exact) mass is 376 g/mol. The van der Waals surface area contributed by atoms with Crippen molar-refractivity contribution in [2.24, 2.45) is 0 Å². The third kappa shape index (κ3) is 5.14. The summed E-state index contributed by atoms with van der Waals surface area (Å²) in [5.41, 5.74) is 0.589. The van der Waals surface area contributed by atoms with Gasteiger partial charge in [-0.2, -0.15) is 0 Å². The van der Waals surface area contributed by atoms with Gasteiger partial charge >= 0.3 is 11.9 Å². The molecule has 8 heteroatoms. The molecule has 0 saturated heterocycles. The first kappa shape index (κ1) is 19.6. The van der Waals surface area contributed by atoms with Gasteiger partial charge in [-0.25, -0.2) is 9.59 Å². The van der Waals surface area contributed by atoms with Crippen molar-refractivity contribution in [2.45, 2.75) is 6.54 Å². The van der Waals surface area contributed by atoms with Crippen molar-refractivity contribution < 1.29 is 23.9 Å². The van der Waals surface area contributed by atoms with Crippen LogP contribution in [0.1, 0.15) is 25.6 Å². The van der Waals surface area contributed by atoms with Gasteiger partial charge in [-0.15, -0.1) is 11.3 Å². The molecule has 26 heavy (non-hydrogen) atoms. The number of hydrogen-bond donors (Lipinski definition) is 1. The molecule has 0 radical (unpaired) electrons. The Kier molecular flexibility index (Phi) is 6.88. The first-order chi connectivity index (χ1) is 12.4. The average Bonchev–Trinajstić information content (AvgIpc) is 3.12. The van der Waals surface area contributed by atoms with Gasteiger partial charge in [0.25, 0.3) is 0 Å². The Balaban J connectivity index is 2.13. The summed E-state index contributed by atoms with van der Waals surface area (Å²) in [6.07, 6.45) is 0. The molecule has 2 aromatic rings. The smallest absolute Gasteiger partial charge is 0.339 e. The summed E-state index contributed by atoms with van der Waals surface area (Å²) in [4.78, 5) is 38.9. The quantitative estimate of drug-likeness (QED) is 0.747. The molecule has 0 atom stereocenters. The van der Waals surface area contributed by atoms with Crippen molar-refractivity contribution in [1.29, 1.82) is 0 Å². The van der Waals surface area contributed by atoms with E-state index in [0.29, 0.717) is 6.54 Å². The van der Waals surface area contributed by atoms with E-state index < -0.39 is 11.9 Å². The number of carbonyl (C=O) groups excluding carboxylic acids is 3. The van der Waals surface area contributed by atoms with Crippen LogP contribution in [0.15, 0.2) is 35.7 Å². The molecule has 0 saturated carbocycles. The molecule has 138 valence electrons. The third-order valence-corrected chi connectivity index (χ3v) is 4.40. The zero-order valence-electron chi connectivity index (χ0n) is 14.8. The molecule has 0 aliphatic rings. The number of benzene rings is 1. The fourth-order valence-electron chi connectivity index (χ4n) is 2.34. The van der Waals surface area contributed by atoms with Crippen LogP contribution in [0, 0.1) is 0 Å². The van der Waals surface area contributed by atoms with Crippen LogP contribution in [0.4, 0.5) is 5.69 Å². The number of methoxy groups -OCH3 is 2. The summed E-state index contributed by atoms with van der Waals surface area (Å²) in [7, 11) is 4.33. The normalized spacial score (nSPS) is 10.5. The molecule has 1 amide bonds. The van der Waals surface area contributed by atoms with E-state index in [0.717, 1.165) is 4.88 Å². The van der Waals surface area contributed by atoms with Gasteiger partial charge in [0.2, 0.25) is 5.91 Å². The third-order valence-electron chi connectivity index (χ3n) is 3.54. The lowest BCUT2D eigenvalue weighted by Gasteiger charge is -2.16. The number of rotatable bonds is 7. The van der Waals surface area contributed by atoms with Crippen LogP contribution in [-0.2, 0) is 20.8 Å². The van der Waals surface area contributed by atoms with Gasteiger partial charge in [0.1, 0.15) is 0 Å². The maximum atomic E-state index is 12.3. The van der Waals surface area contributed by atoms with Gasteiger partial charge in [-0.3, -0.25) is 9.69 Å². The minimum Gasteiger partial charge on any atom is -0.465 e. The highest BCUT2D eigenvalue weighted by Gasteiger charge is 2.18. The molecule has 0 spiro atoms. The topological polar surface area (TPSA) is 84.9 Å². The average molecular weight is 376 g/mol. The first-order valence-electron chi connectivity index (χ1n) is 7.76. The van der Waals surface area contributed by atoms with Crippen molar-refractivity contribution in [3.63, 3.8) is 0 Å². The number of esters is 2. The SMILES string of the molecule is COC(=O)c1ccc(C(=O)OC)c(NC(=O)CN(C)Cc2cccs2)c1. The lowest BCUT2D eigenvalue weighted by atomic mass is 10.1. The number of nitrogens with zero attached hydrogens (tertiary/aromatic N) is 1. The highest BCUT2D eigenvalue weighted by Crippen LogP contribution is 2.20. The number of hydrogen-bond acceptors (Lipinski definition) is 7. The Bertz CT molecular complexity index is 789. The molecule has 0 fully saturated rings. The van der Waals surface area contributed by atoms with Gasteiger partial charge in [0.15, 0.2) is 0 Å². The number of likely N-dealkylation sites (N-methyl/N-ethyl adjacent to an activating group) is 1. The van der Waals surface area contributed by atoms with Crippen molar-refractivity contribution in [2.75, 3.05) is 33.1 Å². The Hall–Kier alpha value is -2.71. The Morgan fingerprint density at radius 3 is 2.46 bits per heavy atom. The van der Waals surface area contributed by atoms with Gasteiger partial charge in [0, 0.05) is 11.4 Å². The fraction of sp³-hybridized carbons (Fsp3) is 0.278. The predicted molar refractivity (Wildman–Crippen MR) is 98.4 cm³/mol. The summed E-state index contributed by atoms with van der Waals surface area (Å²) >= 11 is 1.61. The zero-order valence-corrected chi connectivity index (χ0v) is 15.6. The highest BCUT2D eigenvalue weighted by molar-refractivity contribution is 7.09. The number of thiophene rings is 1. The van der Waals surface area contributed by atoms with Crippen LogP contribution < -0.4 is 5.32 Å². The Morgan fingerprint density at radius 1 is 1.12 bits per heavy atom. The van der Waals surface area contributed by atoms with Crippen LogP contribution in [0.25, 0.3) is 0 Å². The molecule has 0 aliphatic carbocycles. The van der Waals surface area contributed by atoms with Crippen molar-refractivity contribution >= 4 is 34.9 Å². The minimum absolute atomic E-state index is 0.126. The number of ether oxygens (including phenoxy) is 2. The minimum atomic E-state index is -0.608. The van der Waals surface area contributed by atoms with E-state index in [4.69, 9.17) is 4.74 Å². The summed E-state index contributed by atoms with van der Waals surface area (Å²) in [6, 6.07) is 8.21. The van der Waals surface area contributed by atoms with Gasteiger partial charge in [-0.1, -0.05) is 6.07 Å². The molecule has 1 aromatic carbocycles. The Morgan fingerprint density at radius 2 is 1.85 bits per heavy atom. The van der Waals surface area contributed by atoms with Crippen LogP contribution in [0.5, 0.6) is 0 Å². The molecule has 1 aromatic heterocycles. The Labute approximate surface area is 155 Å². The maximum Gasteiger partial charge on any atom is 0.339 e. The van der Waals surface area contributed by atoms with Gasteiger partial charge in [-0.05, 0) is 36.7 Å². The predicted octanol–water partition coefficient (Wildman–Crippen LogP) is 2.39. The maximum absolute atomic E-state index is 12.3. The highest BCUT2D eigenvalue weighted by atomic mass is 32.1. The molecular weight excluding hydrogens is 356 g/mol. The number of amides is 1. The molecule has 1 heterocycles. The molecule has 1 N–H and O–H groups in total. The summed E-state index contributed by atoms with van der Waals surface area (Å²) in [5.74, 6) is -1.48. The second kappa shape index (κ2) is 9.12. The molecule has 0 aliphatic heterocycles. The molecule has 0 unspecified atom stereocenters. The molecule has 0 bridgehead atoms. The summed E-state index contributed by atoms with van der Waals surface area (Å²) in [5, 5.41) is 4.65. The largest absolute Gasteiger partial charge is 0.465 e. The van der Waals surface area contributed by atoms with Gasteiger partial charge < -0.3 is 14.8 Å². The van der Waals surface area contributed by atoms with Crippen LogP contribution in [0.2, 0.25) is 0 Å². The van der Waals surface area contributed by atoms with Gasteiger partial charge in [0.05, 0.1) is 37.6 Å². The summed E-state index contributed by atoms with van der Waals surface area (Å²) in [6.45, 7) is 0.762. The van der Waals surface area contributed by atoms with Crippen LogP contribution >= 0.6 is 11.3 Å². The molecule has 2 rings (SSSR count). The first-order valence-corrected chi connectivity index (χ1v) is 8.64. The number of nitrogens with one attached hydrogen (secondary N) is 1. The van der Waals surface area contributed by atoms with E-state index >= 15 is 0 Å². The fourth-order valence-corrected chi connectivity index (χ4v) is 3.12. The van der Waals surface area contributed by atoms with Crippen LogP contribution in [0.3, 0.4) is 0 Å². The van der Waals surface area contributed by atoms with Crippen molar-refractivity contribution in [1.82, 2.24) is 4.90 Å². The van der Waals surface area contributed by atoms with E-state index in [2.05, 4.69) is 10.1 Å². The standard InChI is InChI=1S/C18H20N2O5S/c1-20(10-13-5-4-8-26-13)11-16(21)19-15-9-12(17(22)24-2)6-7-14(15)18(23)25-3/h4-9H,10-11H2,1-3H3,(H,19,21). The second-order valence-corrected chi connectivity index (χ2v) is 6.58. The second-order valence-electron chi connectivity index (χ2n) is 5.54. The zero-order chi connectivity index (χ0) is 19.1. The number of anilines is 1. The van der Waals surface area contributed by atoms with Crippen molar-refractivity contribution in [3.05, 3.63) is 51.7 Å². The lowest BCUT2D eigenvalue weighted by molar-refractivity contribution is -0.117.